The fourth-order valence-corrected chi connectivity index (χ4v) is 2.04. The van der Waals surface area contributed by atoms with Gasteiger partial charge < -0.3 is 21.3 Å². The van der Waals surface area contributed by atoms with Crippen LogP contribution >= 0.6 is 0 Å². The molecule has 84 valence electrons. The monoisotopic (exact) mass is 212 g/mol. The predicted octanol–water partition coefficient (Wildman–Crippen LogP) is -1.24. The topological polar surface area (TPSA) is 92.7 Å². The summed E-state index contributed by atoms with van der Waals surface area (Å²) in [7, 11) is 0. The second kappa shape index (κ2) is 3.79. The van der Waals surface area contributed by atoms with Gasteiger partial charge >= 0.3 is 0 Å². The third-order valence-electron chi connectivity index (χ3n) is 3.05. The van der Waals surface area contributed by atoms with Gasteiger partial charge in [-0.25, -0.2) is 0 Å². The number of rotatable bonds is 2. The van der Waals surface area contributed by atoms with Gasteiger partial charge in [-0.3, -0.25) is 9.59 Å². The van der Waals surface area contributed by atoms with Gasteiger partial charge in [-0.2, -0.15) is 0 Å². The lowest BCUT2D eigenvalue weighted by molar-refractivity contribution is -0.137. The molecule has 0 radical (unpaired) electrons. The van der Waals surface area contributed by atoms with Gasteiger partial charge in [0, 0.05) is 12.8 Å². The van der Waals surface area contributed by atoms with Crippen LogP contribution in [0.5, 0.6) is 0 Å². The zero-order valence-corrected chi connectivity index (χ0v) is 8.56. The van der Waals surface area contributed by atoms with Gasteiger partial charge in [0.15, 0.2) is 0 Å². The maximum Gasteiger partial charge on any atom is 0.225 e. The number of carbonyl (C=O) groups excluding carboxylic acids is 2. The number of hydrogen-bond donors (Lipinski definition) is 2. The van der Waals surface area contributed by atoms with E-state index in [0.717, 1.165) is 0 Å². The molecule has 15 heavy (non-hydrogen) atoms. The van der Waals surface area contributed by atoms with Crippen LogP contribution in [0, 0.1) is 0 Å². The van der Waals surface area contributed by atoms with Gasteiger partial charge in [0.2, 0.25) is 11.8 Å². The Morgan fingerprint density at radius 1 is 1.00 bits per heavy atom. The number of hydrogen-bond acceptors (Lipinski definition) is 4. The van der Waals surface area contributed by atoms with Gasteiger partial charge in [-0.05, 0) is 12.8 Å². The van der Waals surface area contributed by atoms with Crippen LogP contribution < -0.4 is 11.5 Å². The van der Waals surface area contributed by atoms with Crippen molar-refractivity contribution in [2.24, 2.45) is 11.5 Å². The van der Waals surface area contributed by atoms with E-state index in [-0.39, 0.29) is 30.8 Å². The summed E-state index contributed by atoms with van der Waals surface area (Å²) >= 11 is 0. The molecule has 4 N–H and O–H groups in total. The van der Waals surface area contributed by atoms with Crippen molar-refractivity contribution < 1.29 is 9.59 Å². The molecule has 0 saturated carbocycles. The van der Waals surface area contributed by atoms with E-state index in [0.29, 0.717) is 25.7 Å². The Kier molecular flexibility index (Phi) is 2.62. The first-order valence-electron chi connectivity index (χ1n) is 5.19. The SMILES string of the molecule is N[C@@H]1CCC(=O)N1CN1C(=O)CC[C@H]1N. The van der Waals surface area contributed by atoms with Crippen LogP contribution in [0.3, 0.4) is 0 Å². The van der Waals surface area contributed by atoms with Gasteiger partial charge in [0.25, 0.3) is 0 Å². The van der Waals surface area contributed by atoms with Crippen LogP contribution in [0.25, 0.3) is 0 Å². The molecule has 0 aromatic carbocycles. The Balaban J connectivity index is 2.01. The van der Waals surface area contributed by atoms with Crippen molar-refractivity contribution in [1.82, 2.24) is 9.80 Å². The van der Waals surface area contributed by atoms with Crippen molar-refractivity contribution in [3.05, 3.63) is 0 Å². The van der Waals surface area contributed by atoms with Crippen molar-refractivity contribution >= 4 is 11.8 Å². The number of nitrogens with two attached hydrogens (primary N) is 2. The van der Waals surface area contributed by atoms with E-state index < -0.39 is 0 Å². The van der Waals surface area contributed by atoms with Crippen LogP contribution in [0.4, 0.5) is 0 Å². The summed E-state index contributed by atoms with van der Waals surface area (Å²) < 4.78 is 0. The Morgan fingerprint density at radius 3 is 1.67 bits per heavy atom. The van der Waals surface area contributed by atoms with E-state index in [1.165, 1.54) is 9.80 Å². The molecule has 2 saturated heterocycles. The van der Waals surface area contributed by atoms with Gasteiger partial charge in [0.1, 0.15) is 0 Å². The largest absolute Gasteiger partial charge is 0.311 e. The molecule has 0 spiro atoms. The van der Waals surface area contributed by atoms with E-state index in [2.05, 4.69) is 0 Å². The van der Waals surface area contributed by atoms with E-state index in [4.69, 9.17) is 11.5 Å². The van der Waals surface area contributed by atoms with Crippen molar-refractivity contribution in [3.8, 4) is 0 Å². The number of amides is 2. The maximum absolute atomic E-state index is 11.5. The second-order valence-electron chi connectivity index (χ2n) is 4.08. The quantitative estimate of drug-likeness (QED) is 0.598. The molecular weight excluding hydrogens is 196 g/mol. The first kappa shape index (κ1) is 10.4. The van der Waals surface area contributed by atoms with E-state index in [1.54, 1.807) is 0 Å². The molecule has 2 aliphatic heterocycles. The van der Waals surface area contributed by atoms with Gasteiger partial charge in [0.05, 0.1) is 19.0 Å². The lowest BCUT2D eigenvalue weighted by Crippen LogP contribution is -2.50. The van der Waals surface area contributed by atoms with Crippen molar-refractivity contribution in [2.75, 3.05) is 6.67 Å². The van der Waals surface area contributed by atoms with Crippen LogP contribution in [0.2, 0.25) is 0 Å². The number of likely N-dealkylation sites (tertiary alicyclic amines) is 2. The first-order valence-corrected chi connectivity index (χ1v) is 5.19. The summed E-state index contributed by atoms with van der Waals surface area (Å²) in [5.41, 5.74) is 11.5. The second-order valence-corrected chi connectivity index (χ2v) is 4.08. The molecule has 0 aromatic rings. The third-order valence-corrected chi connectivity index (χ3v) is 3.05. The summed E-state index contributed by atoms with van der Waals surface area (Å²) in [4.78, 5) is 26.0. The predicted molar refractivity (Wildman–Crippen MR) is 53.0 cm³/mol. The zero-order chi connectivity index (χ0) is 11.0. The average molecular weight is 212 g/mol. The standard InChI is InChI=1S/C9H16N4O2/c10-6-1-3-8(14)12(6)5-13-7(11)2-4-9(13)15/h6-7H,1-5,10-11H2/t6-,7-/m0/s1. The molecule has 2 rings (SSSR count). The zero-order valence-electron chi connectivity index (χ0n) is 8.56. The Bertz CT molecular complexity index is 266. The highest BCUT2D eigenvalue weighted by atomic mass is 16.2. The summed E-state index contributed by atoms with van der Waals surface area (Å²) in [6, 6.07) is 0. The van der Waals surface area contributed by atoms with Crippen molar-refractivity contribution in [3.63, 3.8) is 0 Å². The smallest absolute Gasteiger partial charge is 0.225 e. The first-order chi connectivity index (χ1) is 7.09. The highest BCUT2D eigenvalue weighted by Crippen LogP contribution is 2.20. The third kappa shape index (κ3) is 1.82. The van der Waals surface area contributed by atoms with Gasteiger partial charge in [-0.15, -0.1) is 0 Å². The van der Waals surface area contributed by atoms with E-state index >= 15 is 0 Å². The molecule has 0 aromatic heterocycles. The average Bonchev–Trinajstić information content (AvgIpc) is 2.67. The minimum absolute atomic E-state index is 0.00870. The van der Waals surface area contributed by atoms with Crippen molar-refractivity contribution in [1.29, 1.82) is 0 Å². The minimum atomic E-state index is -0.266. The van der Waals surface area contributed by atoms with Crippen molar-refractivity contribution in [2.45, 2.75) is 38.0 Å². The summed E-state index contributed by atoms with van der Waals surface area (Å²) in [6.07, 6.45) is 1.74. The van der Waals surface area contributed by atoms with Crippen LogP contribution in [0.15, 0.2) is 0 Å². The highest BCUT2D eigenvalue weighted by molar-refractivity contribution is 5.81. The maximum atomic E-state index is 11.5. The summed E-state index contributed by atoms with van der Waals surface area (Å²) in [5.74, 6) is 0.0174. The molecule has 2 fully saturated rings. The van der Waals surface area contributed by atoms with E-state index in [9.17, 15) is 9.59 Å². The number of carbonyl (C=O) groups is 2. The Morgan fingerprint density at radius 2 is 1.40 bits per heavy atom. The fourth-order valence-electron chi connectivity index (χ4n) is 2.04. The molecule has 6 heteroatoms. The summed E-state index contributed by atoms with van der Waals surface area (Å²) in [5, 5.41) is 0. The Hall–Kier alpha value is -1.14. The molecule has 0 bridgehead atoms. The molecule has 2 aliphatic rings. The molecule has 6 nitrogen and oxygen atoms in total. The van der Waals surface area contributed by atoms with E-state index in [1.807, 2.05) is 0 Å². The van der Waals surface area contributed by atoms with Crippen LogP contribution in [-0.4, -0.2) is 40.6 Å². The highest BCUT2D eigenvalue weighted by Gasteiger charge is 2.34. The molecule has 2 heterocycles. The molecule has 0 aliphatic carbocycles. The molecule has 2 atom stereocenters. The van der Waals surface area contributed by atoms with Crippen LogP contribution in [0.1, 0.15) is 25.7 Å². The molecule has 0 unspecified atom stereocenters. The van der Waals surface area contributed by atoms with Crippen LogP contribution in [-0.2, 0) is 9.59 Å². The Labute approximate surface area is 88.2 Å². The molecule has 2 amide bonds. The lowest BCUT2D eigenvalue weighted by atomic mass is 10.3. The fraction of sp³-hybridized carbons (Fsp3) is 0.778. The van der Waals surface area contributed by atoms with Gasteiger partial charge in [-0.1, -0.05) is 0 Å². The normalized spacial score (nSPS) is 31.9. The number of nitrogens with zero attached hydrogens (tertiary/aromatic N) is 2. The molecular formula is C9H16N4O2. The summed E-state index contributed by atoms with van der Waals surface area (Å²) in [6.45, 7) is 0.250. The lowest BCUT2D eigenvalue weighted by Gasteiger charge is -2.29. The minimum Gasteiger partial charge on any atom is -0.311 e.